The number of esters is 4. The highest BCUT2D eigenvalue weighted by Crippen LogP contribution is 2.29. The van der Waals surface area contributed by atoms with Gasteiger partial charge in [0.2, 0.25) is 0 Å². The molecule has 60 heavy (non-hydrogen) atoms. The molecule has 328 valence electrons. The monoisotopic (exact) mass is 828 g/mol. The molecule has 10 heteroatoms. The number of unbranched alkanes of at least 4 members (excludes halogenated alkanes) is 16. The normalized spacial score (nSPS) is 14.5. The molecule has 0 N–H and O–H groups in total. The number of rotatable bonds is 31. The third kappa shape index (κ3) is 23.6. The van der Waals surface area contributed by atoms with Gasteiger partial charge in [0.1, 0.15) is 17.2 Å². The molecule has 0 radical (unpaired) electrons. The molecule has 0 spiro atoms. The maximum atomic E-state index is 12.8. The molecule has 0 heterocycles. The number of benzene rings is 2. The van der Waals surface area contributed by atoms with E-state index < -0.39 is 5.97 Å². The van der Waals surface area contributed by atoms with E-state index in [2.05, 4.69) is 25.0 Å². The lowest BCUT2D eigenvalue weighted by atomic mass is 9.87. The average Bonchev–Trinajstić information content (AvgIpc) is 3.27. The smallest absolute Gasteiger partial charge is 0.390 e. The van der Waals surface area contributed by atoms with Gasteiger partial charge in [-0.2, -0.15) is 0 Å². The molecule has 0 amide bonds. The van der Waals surface area contributed by atoms with E-state index in [9.17, 15) is 19.2 Å². The van der Waals surface area contributed by atoms with Gasteiger partial charge in [-0.3, -0.25) is 4.79 Å². The van der Waals surface area contributed by atoms with Crippen LogP contribution in [0.2, 0.25) is 0 Å². The van der Waals surface area contributed by atoms with Crippen LogP contribution in [-0.2, 0) is 33.4 Å². The summed E-state index contributed by atoms with van der Waals surface area (Å²) in [5, 5.41) is 0. The maximum absolute atomic E-state index is 12.8. The summed E-state index contributed by atoms with van der Waals surface area (Å²) < 4.78 is 32.9. The van der Waals surface area contributed by atoms with Crippen molar-refractivity contribution in [1.82, 2.24) is 0 Å². The lowest BCUT2D eigenvalue weighted by molar-refractivity contribution is -0.141. The van der Waals surface area contributed by atoms with Crippen LogP contribution < -0.4 is 14.2 Å². The molecule has 0 aliphatic heterocycles. The minimum Gasteiger partial charge on any atom is -0.494 e. The second-order valence-electron chi connectivity index (χ2n) is 15.4. The van der Waals surface area contributed by atoms with Gasteiger partial charge in [0, 0.05) is 30.2 Å². The van der Waals surface area contributed by atoms with Gasteiger partial charge in [-0.15, -0.1) is 0 Å². The van der Waals surface area contributed by atoms with E-state index in [1.54, 1.807) is 24.3 Å². The van der Waals surface area contributed by atoms with E-state index in [1.807, 2.05) is 24.3 Å². The molecule has 0 bridgehead atoms. The van der Waals surface area contributed by atoms with Crippen molar-refractivity contribution in [1.29, 1.82) is 0 Å². The highest BCUT2D eigenvalue weighted by Gasteiger charge is 2.28. The third-order valence-electron chi connectivity index (χ3n) is 10.4. The van der Waals surface area contributed by atoms with Crippen LogP contribution in [0.4, 0.5) is 0 Å². The zero-order valence-electron chi connectivity index (χ0n) is 35.8. The lowest BCUT2D eigenvalue weighted by Crippen LogP contribution is -2.29. The van der Waals surface area contributed by atoms with E-state index in [0.717, 1.165) is 89.4 Å². The first-order chi connectivity index (χ1) is 29.4. The van der Waals surface area contributed by atoms with Gasteiger partial charge in [0.05, 0.1) is 31.8 Å². The molecule has 1 fully saturated rings. The van der Waals surface area contributed by atoms with Crippen molar-refractivity contribution in [3.05, 3.63) is 79.4 Å². The standard InChI is InChI=1S/C50H68O10/c1-3-47(51)57-39-21-17-13-9-5-7-11-15-19-37-55-43-28-23-41(24-29-43)25-36-49(53)59-45-32-34-46(35-33-45)60-50(54)42-26-30-44(31-27-42)56-38-20-16-12-8-6-10-14-18-22-40-58-48(52)4-2/h3-4,23-24,28-29,32-35,42,44H,1-2,5-22,26-27,30-31,37-40H2. The van der Waals surface area contributed by atoms with Crippen molar-refractivity contribution >= 4 is 23.9 Å². The van der Waals surface area contributed by atoms with Gasteiger partial charge in [-0.25, -0.2) is 14.4 Å². The average molecular weight is 829 g/mol. The molecule has 0 saturated heterocycles. The number of hydrogen-bond donors (Lipinski definition) is 0. The van der Waals surface area contributed by atoms with Crippen LogP contribution >= 0.6 is 0 Å². The topological polar surface area (TPSA) is 124 Å². The predicted molar refractivity (Wildman–Crippen MR) is 234 cm³/mol. The van der Waals surface area contributed by atoms with Gasteiger partial charge < -0.3 is 28.4 Å². The molecule has 1 aliphatic carbocycles. The molecule has 0 aromatic heterocycles. The van der Waals surface area contributed by atoms with Gasteiger partial charge >= 0.3 is 23.9 Å². The Hall–Kier alpha value is -4.88. The van der Waals surface area contributed by atoms with Crippen molar-refractivity contribution in [2.75, 3.05) is 26.4 Å². The minimum absolute atomic E-state index is 0.155. The largest absolute Gasteiger partial charge is 0.494 e. The van der Waals surface area contributed by atoms with Crippen LogP contribution in [0.1, 0.15) is 147 Å². The summed E-state index contributed by atoms with van der Waals surface area (Å²) in [7, 11) is 0. The van der Waals surface area contributed by atoms with Crippen LogP contribution in [0.25, 0.3) is 0 Å². The lowest BCUT2D eigenvalue weighted by Gasteiger charge is -2.27. The van der Waals surface area contributed by atoms with Crippen molar-refractivity contribution in [2.45, 2.75) is 147 Å². The first kappa shape index (κ1) is 49.5. The molecule has 0 atom stereocenters. The molecular formula is C50H68O10. The van der Waals surface area contributed by atoms with Gasteiger partial charge in [0.15, 0.2) is 0 Å². The molecule has 10 nitrogen and oxygen atoms in total. The second kappa shape index (κ2) is 32.0. The van der Waals surface area contributed by atoms with Gasteiger partial charge in [-0.1, -0.05) is 109 Å². The first-order valence-corrected chi connectivity index (χ1v) is 22.3. The molecule has 2 aromatic rings. The Bertz CT molecular complexity index is 1600. The zero-order chi connectivity index (χ0) is 42.9. The van der Waals surface area contributed by atoms with Crippen molar-refractivity contribution in [3.8, 4) is 29.1 Å². The summed E-state index contributed by atoms with van der Waals surface area (Å²) in [6.45, 7) is 9.16. The first-order valence-electron chi connectivity index (χ1n) is 22.3. The number of carbonyl (C=O) groups is 4. The Kier molecular flexibility index (Phi) is 26.4. The Morgan fingerprint density at radius 2 is 0.933 bits per heavy atom. The fourth-order valence-corrected chi connectivity index (χ4v) is 6.92. The van der Waals surface area contributed by atoms with Crippen molar-refractivity contribution in [2.24, 2.45) is 5.92 Å². The SMILES string of the molecule is C=CC(=O)OCCCCCCCCCCCOc1ccc(C#CC(=O)Oc2ccc(OC(=O)C3CCC(OCCCCCCCCCCCOC(=O)C=C)CC3)cc2)cc1. The van der Waals surface area contributed by atoms with E-state index in [0.29, 0.717) is 36.9 Å². The Labute approximate surface area is 358 Å². The number of ether oxygens (including phenoxy) is 6. The van der Waals surface area contributed by atoms with Crippen molar-refractivity contribution < 1.29 is 47.6 Å². The van der Waals surface area contributed by atoms with E-state index in [4.69, 9.17) is 28.4 Å². The maximum Gasteiger partial charge on any atom is 0.390 e. The Morgan fingerprint density at radius 3 is 1.42 bits per heavy atom. The molecular weight excluding hydrogens is 761 g/mol. The molecule has 1 saturated carbocycles. The van der Waals surface area contributed by atoms with Gasteiger partial charge in [-0.05, 0) is 99.9 Å². The van der Waals surface area contributed by atoms with E-state index in [-0.39, 0.29) is 29.9 Å². The second-order valence-corrected chi connectivity index (χ2v) is 15.4. The predicted octanol–water partition coefficient (Wildman–Crippen LogP) is 11.0. The summed E-state index contributed by atoms with van der Waals surface area (Å²) in [5.74, 6) is 5.06. The summed E-state index contributed by atoms with van der Waals surface area (Å²) in [5.41, 5.74) is 0.675. The fraction of sp³-hybridized carbons (Fsp3) is 0.560. The van der Waals surface area contributed by atoms with Crippen LogP contribution in [0.15, 0.2) is 73.8 Å². The van der Waals surface area contributed by atoms with Crippen LogP contribution in [-0.4, -0.2) is 56.4 Å². The zero-order valence-corrected chi connectivity index (χ0v) is 35.8. The highest BCUT2D eigenvalue weighted by atomic mass is 16.5. The number of hydrogen-bond acceptors (Lipinski definition) is 10. The molecule has 1 aliphatic rings. The van der Waals surface area contributed by atoms with Crippen LogP contribution in [0, 0.1) is 17.8 Å². The van der Waals surface area contributed by atoms with E-state index in [1.165, 1.54) is 76.4 Å². The Morgan fingerprint density at radius 1 is 0.517 bits per heavy atom. The summed E-state index contributed by atoms with van der Waals surface area (Å²) in [4.78, 5) is 47.2. The summed E-state index contributed by atoms with van der Waals surface area (Å²) in [6.07, 6.45) is 26.2. The van der Waals surface area contributed by atoms with Gasteiger partial charge in [0.25, 0.3) is 0 Å². The summed E-state index contributed by atoms with van der Waals surface area (Å²) in [6, 6.07) is 13.7. The molecule has 0 unspecified atom stereocenters. The summed E-state index contributed by atoms with van der Waals surface area (Å²) >= 11 is 0. The minimum atomic E-state index is -0.684. The molecule has 3 rings (SSSR count). The van der Waals surface area contributed by atoms with Crippen LogP contribution in [0.3, 0.4) is 0 Å². The highest BCUT2D eigenvalue weighted by molar-refractivity contribution is 5.90. The quantitative estimate of drug-likeness (QED) is 0.0238. The van der Waals surface area contributed by atoms with Crippen LogP contribution in [0.5, 0.6) is 17.2 Å². The van der Waals surface area contributed by atoms with E-state index >= 15 is 0 Å². The fourth-order valence-electron chi connectivity index (χ4n) is 6.92. The number of carbonyl (C=O) groups excluding carboxylic acids is 4. The van der Waals surface area contributed by atoms with Crippen molar-refractivity contribution in [3.63, 3.8) is 0 Å². The third-order valence-corrected chi connectivity index (χ3v) is 10.4. The Balaban J connectivity index is 1.17. The molecule has 2 aromatic carbocycles.